The molecule has 0 spiro atoms. The fourth-order valence-corrected chi connectivity index (χ4v) is 3.29. The van der Waals surface area contributed by atoms with Crippen LogP contribution in [0.5, 0.6) is 5.75 Å². The maximum Gasteiger partial charge on any atom is 0.358 e. The van der Waals surface area contributed by atoms with E-state index in [1.807, 2.05) is 6.07 Å². The van der Waals surface area contributed by atoms with Crippen LogP contribution in [0.1, 0.15) is 40.9 Å². The number of nitrogens with zero attached hydrogens (tertiary/aromatic N) is 1. The van der Waals surface area contributed by atoms with Crippen LogP contribution in [0.2, 0.25) is 5.02 Å². The van der Waals surface area contributed by atoms with Gasteiger partial charge in [0, 0.05) is 6.07 Å². The summed E-state index contributed by atoms with van der Waals surface area (Å²) >= 11 is 6.52. The predicted octanol–water partition coefficient (Wildman–Crippen LogP) is 3.97. The highest BCUT2D eigenvalue weighted by atomic mass is 35.5. The number of hydrogen-bond donors (Lipinski definition) is 1. The van der Waals surface area contributed by atoms with Gasteiger partial charge in [0.05, 0.1) is 17.7 Å². The molecule has 1 aliphatic carbocycles. The number of carboxylic acids is 1. The maximum atomic E-state index is 11.0. The first-order chi connectivity index (χ1) is 10.6. The number of carboxylic acid groups (broad SMARTS) is 1. The van der Waals surface area contributed by atoms with E-state index >= 15 is 0 Å². The first-order valence-electron chi connectivity index (χ1n) is 7.20. The van der Waals surface area contributed by atoms with E-state index in [4.69, 9.17) is 26.0 Å². The van der Waals surface area contributed by atoms with Gasteiger partial charge >= 0.3 is 5.97 Å². The van der Waals surface area contributed by atoms with Crippen molar-refractivity contribution in [2.75, 3.05) is 7.11 Å². The van der Waals surface area contributed by atoms with Gasteiger partial charge in [-0.05, 0) is 42.9 Å². The first-order valence-corrected chi connectivity index (χ1v) is 7.58. The van der Waals surface area contributed by atoms with Crippen LogP contribution in [0, 0.1) is 0 Å². The number of aromatic carboxylic acids is 1. The molecule has 0 saturated carbocycles. The third kappa shape index (κ3) is 2.57. The summed E-state index contributed by atoms with van der Waals surface area (Å²) < 4.78 is 10.6. The molecular formula is C16H16ClNO4. The minimum absolute atomic E-state index is 0.136. The predicted molar refractivity (Wildman–Crippen MR) is 81.7 cm³/mol. The Morgan fingerprint density at radius 2 is 2.09 bits per heavy atom. The van der Waals surface area contributed by atoms with Crippen LogP contribution in [-0.2, 0) is 12.8 Å². The van der Waals surface area contributed by atoms with Crippen molar-refractivity contribution in [1.82, 2.24) is 5.16 Å². The van der Waals surface area contributed by atoms with Gasteiger partial charge in [0.25, 0.3) is 0 Å². The number of hydrogen-bond acceptors (Lipinski definition) is 4. The lowest BCUT2D eigenvalue weighted by Gasteiger charge is -2.15. The summed E-state index contributed by atoms with van der Waals surface area (Å²) in [5.41, 5.74) is 2.81. The number of carbonyl (C=O) groups is 1. The fraction of sp³-hybridized carbons (Fsp3) is 0.375. The van der Waals surface area contributed by atoms with Crippen molar-refractivity contribution in [3.63, 3.8) is 0 Å². The van der Waals surface area contributed by atoms with E-state index in [1.165, 1.54) is 18.1 Å². The summed E-state index contributed by atoms with van der Waals surface area (Å²) in [7, 11) is 1.54. The monoisotopic (exact) mass is 321 g/mol. The number of halogens is 1. The van der Waals surface area contributed by atoms with Crippen LogP contribution in [0.4, 0.5) is 0 Å². The molecule has 0 aliphatic heterocycles. The Bertz CT molecular complexity index is 723. The van der Waals surface area contributed by atoms with Crippen molar-refractivity contribution in [2.24, 2.45) is 0 Å². The maximum absolute atomic E-state index is 11.0. The Morgan fingerprint density at radius 1 is 1.32 bits per heavy atom. The lowest BCUT2D eigenvalue weighted by Crippen LogP contribution is -1.98. The largest absolute Gasteiger partial charge is 0.494 e. The molecule has 116 valence electrons. The Labute approximate surface area is 132 Å². The van der Waals surface area contributed by atoms with Crippen molar-refractivity contribution in [3.05, 3.63) is 34.0 Å². The van der Waals surface area contributed by atoms with E-state index in [2.05, 4.69) is 5.16 Å². The molecule has 5 nitrogen and oxygen atoms in total. The van der Waals surface area contributed by atoms with Gasteiger partial charge in [-0.2, -0.15) is 0 Å². The molecule has 0 saturated heterocycles. The minimum atomic E-state index is -1.13. The summed E-state index contributed by atoms with van der Waals surface area (Å²) in [6.07, 6.45) is 5.29. The molecule has 0 fully saturated rings. The molecule has 3 rings (SSSR count). The summed E-state index contributed by atoms with van der Waals surface area (Å²) in [6, 6.07) is 3.37. The van der Waals surface area contributed by atoms with Crippen molar-refractivity contribution >= 4 is 17.6 Å². The molecule has 1 aromatic heterocycles. The number of fused-ring (bicyclic) bond motifs is 1. The molecule has 2 aromatic rings. The molecule has 0 radical (unpaired) electrons. The molecule has 0 amide bonds. The third-order valence-electron chi connectivity index (χ3n) is 3.99. The quantitative estimate of drug-likeness (QED) is 0.866. The Balaban J connectivity index is 2.15. The topological polar surface area (TPSA) is 72.6 Å². The van der Waals surface area contributed by atoms with Crippen LogP contribution in [0.25, 0.3) is 11.3 Å². The average Bonchev–Trinajstić information content (AvgIpc) is 2.87. The highest BCUT2D eigenvalue weighted by Crippen LogP contribution is 2.42. The standard InChI is InChI=1S/C16H16ClNO4/c1-21-15-11(13-8-12(16(19)20)18-22-13)7-9-5-3-2-4-6-10(9)14(15)17/h7-8H,2-6H2,1H3,(H,19,20). The zero-order valence-electron chi connectivity index (χ0n) is 12.2. The fourth-order valence-electron chi connectivity index (χ4n) is 2.90. The van der Waals surface area contributed by atoms with Crippen LogP contribution in [-0.4, -0.2) is 23.3 Å². The zero-order chi connectivity index (χ0) is 15.7. The minimum Gasteiger partial charge on any atom is -0.494 e. The van der Waals surface area contributed by atoms with Gasteiger partial charge in [0.2, 0.25) is 0 Å². The van der Waals surface area contributed by atoms with E-state index in [0.29, 0.717) is 22.1 Å². The van der Waals surface area contributed by atoms with Crippen LogP contribution in [0.15, 0.2) is 16.7 Å². The number of ether oxygens (including phenoxy) is 1. The highest BCUT2D eigenvalue weighted by Gasteiger charge is 2.23. The molecule has 0 bridgehead atoms. The van der Waals surface area contributed by atoms with Crippen molar-refractivity contribution in [1.29, 1.82) is 0 Å². The van der Waals surface area contributed by atoms with Crippen LogP contribution in [0.3, 0.4) is 0 Å². The van der Waals surface area contributed by atoms with Gasteiger partial charge in [-0.25, -0.2) is 4.79 Å². The molecule has 1 heterocycles. The average molecular weight is 322 g/mol. The number of benzene rings is 1. The van der Waals surface area contributed by atoms with Gasteiger partial charge < -0.3 is 14.4 Å². The number of aryl methyl sites for hydroxylation is 1. The van der Waals surface area contributed by atoms with Gasteiger partial charge in [0.1, 0.15) is 5.75 Å². The normalized spacial score (nSPS) is 14.3. The van der Waals surface area contributed by atoms with Gasteiger partial charge in [-0.15, -0.1) is 0 Å². The molecule has 0 atom stereocenters. The Morgan fingerprint density at radius 3 is 2.77 bits per heavy atom. The Hall–Kier alpha value is -2.01. The van der Waals surface area contributed by atoms with Crippen LogP contribution >= 0.6 is 11.6 Å². The van der Waals surface area contributed by atoms with Crippen LogP contribution < -0.4 is 4.74 Å². The van der Waals surface area contributed by atoms with E-state index in [1.54, 1.807) is 7.11 Å². The molecule has 1 N–H and O–H groups in total. The van der Waals surface area contributed by atoms with Gasteiger partial charge in [-0.1, -0.05) is 23.2 Å². The zero-order valence-corrected chi connectivity index (χ0v) is 12.9. The van der Waals surface area contributed by atoms with Crippen molar-refractivity contribution in [3.8, 4) is 17.1 Å². The SMILES string of the molecule is COc1c(-c2cc(C(=O)O)no2)cc2c(c1Cl)CCCCC2. The van der Waals surface area contributed by atoms with E-state index < -0.39 is 5.97 Å². The summed E-state index contributed by atoms with van der Waals surface area (Å²) in [4.78, 5) is 11.0. The lowest BCUT2D eigenvalue weighted by molar-refractivity contribution is 0.0686. The molecule has 22 heavy (non-hydrogen) atoms. The number of methoxy groups -OCH3 is 1. The number of aromatic nitrogens is 1. The molecular weight excluding hydrogens is 306 g/mol. The molecule has 6 heteroatoms. The Kier molecular flexibility index (Phi) is 4.07. The molecule has 1 aliphatic rings. The molecule has 1 aromatic carbocycles. The molecule has 0 unspecified atom stereocenters. The van der Waals surface area contributed by atoms with Gasteiger partial charge in [0.15, 0.2) is 11.5 Å². The van der Waals surface area contributed by atoms with Gasteiger partial charge in [-0.3, -0.25) is 0 Å². The second-order valence-electron chi connectivity index (χ2n) is 5.35. The highest BCUT2D eigenvalue weighted by molar-refractivity contribution is 6.33. The summed E-state index contributed by atoms with van der Waals surface area (Å²) in [6.45, 7) is 0. The van der Waals surface area contributed by atoms with Crippen molar-refractivity contribution < 1.29 is 19.2 Å². The van der Waals surface area contributed by atoms with E-state index in [0.717, 1.165) is 31.2 Å². The number of rotatable bonds is 3. The van der Waals surface area contributed by atoms with E-state index in [-0.39, 0.29) is 5.69 Å². The second-order valence-corrected chi connectivity index (χ2v) is 5.73. The first kappa shape index (κ1) is 14.9. The third-order valence-corrected chi connectivity index (χ3v) is 4.39. The van der Waals surface area contributed by atoms with E-state index in [9.17, 15) is 4.79 Å². The second kappa shape index (κ2) is 6.01. The summed E-state index contributed by atoms with van der Waals surface area (Å²) in [5, 5.41) is 13.1. The summed E-state index contributed by atoms with van der Waals surface area (Å²) in [5.74, 6) is -0.270. The smallest absolute Gasteiger partial charge is 0.358 e. The van der Waals surface area contributed by atoms with Crippen molar-refractivity contribution in [2.45, 2.75) is 32.1 Å². The lowest BCUT2D eigenvalue weighted by atomic mass is 9.97.